The van der Waals surface area contributed by atoms with Crippen LogP contribution >= 0.6 is 11.6 Å². The van der Waals surface area contributed by atoms with E-state index in [2.05, 4.69) is 30.6 Å². The molecule has 7 nitrogen and oxygen atoms in total. The first-order valence-corrected chi connectivity index (χ1v) is 9.56. The minimum Gasteiger partial charge on any atom is -0.365 e. The number of aromatic nitrogens is 4. The van der Waals surface area contributed by atoms with Crippen LogP contribution in [-0.4, -0.2) is 37.9 Å². The van der Waals surface area contributed by atoms with Crippen LogP contribution in [0.4, 0.5) is 10.2 Å². The van der Waals surface area contributed by atoms with Crippen LogP contribution < -0.4 is 10.6 Å². The molecule has 0 saturated heterocycles. The van der Waals surface area contributed by atoms with Gasteiger partial charge < -0.3 is 15.6 Å². The third-order valence-electron chi connectivity index (χ3n) is 4.91. The molecule has 0 aromatic carbocycles. The Hall–Kier alpha value is -2.74. The molecule has 3 aromatic rings. The summed E-state index contributed by atoms with van der Waals surface area (Å²) in [5, 5.41) is 7.40. The Morgan fingerprint density at radius 2 is 2.11 bits per heavy atom. The molecule has 2 atom stereocenters. The quantitative estimate of drug-likeness (QED) is 0.618. The highest BCUT2D eigenvalue weighted by atomic mass is 35.5. The molecule has 3 aromatic heterocycles. The van der Waals surface area contributed by atoms with Gasteiger partial charge in [-0.2, -0.15) is 0 Å². The second kappa shape index (κ2) is 7.71. The predicted molar refractivity (Wildman–Crippen MR) is 106 cm³/mol. The van der Waals surface area contributed by atoms with E-state index in [1.807, 2.05) is 0 Å². The van der Waals surface area contributed by atoms with Gasteiger partial charge in [0.15, 0.2) is 17.5 Å². The second-order valence-electron chi connectivity index (χ2n) is 7.05. The third-order valence-corrected chi connectivity index (χ3v) is 5.11. The Labute approximate surface area is 166 Å². The number of aromatic amines is 1. The highest BCUT2D eigenvalue weighted by Crippen LogP contribution is 2.29. The summed E-state index contributed by atoms with van der Waals surface area (Å²) in [4.78, 5) is 27.1. The monoisotopic (exact) mass is 402 g/mol. The normalized spacial score (nSPS) is 19.5. The van der Waals surface area contributed by atoms with Crippen LogP contribution in [0.1, 0.15) is 32.6 Å². The van der Waals surface area contributed by atoms with Crippen LogP contribution in [0.2, 0.25) is 5.02 Å². The molecule has 0 unspecified atom stereocenters. The molecule has 146 valence electrons. The van der Waals surface area contributed by atoms with E-state index < -0.39 is 5.82 Å². The van der Waals surface area contributed by atoms with Gasteiger partial charge in [0, 0.05) is 42.4 Å². The number of pyridine rings is 1. The van der Waals surface area contributed by atoms with Gasteiger partial charge in [-0.1, -0.05) is 11.6 Å². The number of halogens is 2. The van der Waals surface area contributed by atoms with E-state index in [0.29, 0.717) is 22.1 Å². The Kier molecular flexibility index (Phi) is 5.13. The van der Waals surface area contributed by atoms with Gasteiger partial charge in [-0.15, -0.1) is 0 Å². The maximum Gasteiger partial charge on any atom is 0.217 e. The second-order valence-corrected chi connectivity index (χ2v) is 7.48. The molecule has 4 rings (SSSR count). The van der Waals surface area contributed by atoms with Gasteiger partial charge in [0.1, 0.15) is 5.65 Å². The Bertz CT molecular complexity index is 1020. The van der Waals surface area contributed by atoms with Gasteiger partial charge in [-0.05, 0) is 31.7 Å². The topological polar surface area (TPSA) is 95.6 Å². The number of hydrogen-bond donors (Lipinski definition) is 3. The van der Waals surface area contributed by atoms with Crippen molar-refractivity contribution in [2.45, 2.75) is 44.7 Å². The smallest absolute Gasteiger partial charge is 0.217 e. The average Bonchev–Trinajstić information content (AvgIpc) is 3.06. The number of rotatable bonds is 4. The largest absolute Gasteiger partial charge is 0.365 e. The average molecular weight is 403 g/mol. The SMILES string of the molecule is CC(=O)N[C@@H]1CCC[C@H](Nc2nc(-c3c[nH]c4ncc(Cl)cc34)ncc2F)C1. The van der Waals surface area contributed by atoms with Crippen molar-refractivity contribution in [3.8, 4) is 11.4 Å². The van der Waals surface area contributed by atoms with Crippen LogP contribution in [0.25, 0.3) is 22.4 Å². The summed E-state index contributed by atoms with van der Waals surface area (Å²) < 4.78 is 14.4. The molecule has 1 aliphatic rings. The van der Waals surface area contributed by atoms with Crippen molar-refractivity contribution in [2.75, 3.05) is 5.32 Å². The molecular weight excluding hydrogens is 383 g/mol. The molecule has 9 heteroatoms. The number of carbonyl (C=O) groups is 1. The molecule has 1 amide bonds. The minimum absolute atomic E-state index is 0.0296. The minimum atomic E-state index is -0.513. The highest BCUT2D eigenvalue weighted by Gasteiger charge is 2.24. The van der Waals surface area contributed by atoms with Crippen molar-refractivity contribution in [2.24, 2.45) is 0 Å². The predicted octanol–water partition coefficient (Wildman–Crippen LogP) is 3.67. The van der Waals surface area contributed by atoms with Crippen molar-refractivity contribution in [1.82, 2.24) is 25.3 Å². The van der Waals surface area contributed by atoms with E-state index >= 15 is 0 Å². The molecule has 3 N–H and O–H groups in total. The van der Waals surface area contributed by atoms with Crippen LogP contribution in [-0.2, 0) is 4.79 Å². The lowest BCUT2D eigenvalue weighted by atomic mass is 9.91. The number of hydrogen-bond acceptors (Lipinski definition) is 5. The molecule has 28 heavy (non-hydrogen) atoms. The fraction of sp³-hybridized carbons (Fsp3) is 0.368. The number of H-pyrrole nitrogens is 1. The summed E-state index contributed by atoms with van der Waals surface area (Å²) in [5.74, 6) is -0.0228. The van der Waals surface area contributed by atoms with Crippen molar-refractivity contribution in [3.05, 3.63) is 35.5 Å². The molecule has 1 fully saturated rings. The number of nitrogens with zero attached hydrogens (tertiary/aromatic N) is 3. The summed E-state index contributed by atoms with van der Waals surface area (Å²) in [6.45, 7) is 1.51. The van der Waals surface area contributed by atoms with Gasteiger partial charge in [0.05, 0.1) is 11.2 Å². The van der Waals surface area contributed by atoms with E-state index in [9.17, 15) is 9.18 Å². The van der Waals surface area contributed by atoms with Crippen LogP contribution in [0.5, 0.6) is 0 Å². The Morgan fingerprint density at radius 1 is 1.29 bits per heavy atom. The van der Waals surface area contributed by atoms with Gasteiger partial charge in [0.25, 0.3) is 0 Å². The van der Waals surface area contributed by atoms with Crippen LogP contribution in [0.3, 0.4) is 0 Å². The van der Waals surface area contributed by atoms with Crippen molar-refractivity contribution in [3.63, 3.8) is 0 Å². The van der Waals surface area contributed by atoms with E-state index in [1.54, 1.807) is 18.5 Å². The van der Waals surface area contributed by atoms with Crippen molar-refractivity contribution in [1.29, 1.82) is 0 Å². The zero-order valence-corrected chi connectivity index (χ0v) is 16.1. The summed E-state index contributed by atoms with van der Waals surface area (Å²) >= 11 is 6.05. The highest BCUT2D eigenvalue weighted by molar-refractivity contribution is 6.31. The van der Waals surface area contributed by atoms with Crippen molar-refractivity contribution >= 4 is 34.4 Å². The van der Waals surface area contributed by atoms with Gasteiger partial charge in [0.2, 0.25) is 5.91 Å². The number of anilines is 1. The molecule has 0 radical (unpaired) electrons. The number of nitrogens with one attached hydrogen (secondary N) is 3. The van der Waals surface area contributed by atoms with Crippen LogP contribution in [0, 0.1) is 5.82 Å². The third kappa shape index (κ3) is 3.91. The first-order chi connectivity index (χ1) is 13.5. The standard InChI is InChI=1S/C19H20ClFN6O/c1-10(28)25-12-3-2-4-13(6-12)26-19-16(21)9-24-18(27-19)15-8-23-17-14(15)5-11(20)7-22-17/h5,7-9,12-13H,2-4,6H2,1H3,(H,22,23)(H,25,28)(H,24,26,27)/t12-,13+/m1/s1. The summed E-state index contributed by atoms with van der Waals surface area (Å²) in [6, 6.07) is 1.89. The summed E-state index contributed by atoms with van der Waals surface area (Å²) in [7, 11) is 0. The van der Waals surface area contributed by atoms with Crippen molar-refractivity contribution < 1.29 is 9.18 Å². The molecule has 0 spiro atoms. The lowest BCUT2D eigenvalue weighted by Crippen LogP contribution is -2.41. The number of fused-ring (bicyclic) bond motifs is 1. The molecular formula is C19H20ClFN6O. The fourth-order valence-corrected chi connectivity index (χ4v) is 3.85. The van der Waals surface area contributed by atoms with E-state index in [1.165, 1.54) is 6.92 Å². The first kappa shape index (κ1) is 18.6. The molecule has 0 bridgehead atoms. The van der Waals surface area contributed by atoms with E-state index in [0.717, 1.165) is 37.3 Å². The zero-order valence-electron chi connectivity index (χ0n) is 15.3. The number of amides is 1. The van der Waals surface area contributed by atoms with E-state index in [4.69, 9.17) is 11.6 Å². The fourth-order valence-electron chi connectivity index (χ4n) is 3.69. The maximum absolute atomic E-state index is 14.4. The maximum atomic E-state index is 14.4. The van der Waals surface area contributed by atoms with Crippen LogP contribution in [0.15, 0.2) is 24.7 Å². The number of carbonyl (C=O) groups excluding carboxylic acids is 1. The Morgan fingerprint density at radius 3 is 2.93 bits per heavy atom. The van der Waals surface area contributed by atoms with E-state index in [-0.39, 0.29) is 23.8 Å². The molecule has 1 saturated carbocycles. The molecule has 0 aliphatic heterocycles. The Balaban J connectivity index is 1.59. The summed E-state index contributed by atoms with van der Waals surface area (Å²) in [5.41, 5.74) is 1.36. The molecule has 3 heterocycles. The van der Waals surface area contributed by atoms with Gasteiger partial charge in [-0.25, -0.2) is 19.3 Å². The lowest BCUT2D eigenvalue weighted by molar-refractivity contribution is -0.119. The summed E-state index contributed by atoms with van der Waals surface area (Å²) in [6.07, 6.45) is 7.95. The lowest BCUT2D eigenvalue weighted by Gasteiger charge is -2.30. The first-order valence-electron chi connectivity index (χ1n) is 9.19. The zero-order chi connectivity index (χ0) is 19.7. The van der Waals surface area contributed by atoms with Gasteiger partial charge in [-0.3, -0.25) is 4.79 Å². The van der Waals surface area contributed by atoms with Gasteiger partial charge >= 0.3 is 0 Å². The molecule has 1 aliphatic carbocycles.